The molecule has 3 aromatic carbocycles. The summed E-state index contributed by atoms with van der Waals surface area (Å²) in [7, 11) is 1.50. The second-order valence-electron chi connectivity index (χ2n) is 5.84. The number of hydrogen-bond donors (Lipinski definition) is 0. The Kier molecular flexibility index (Phi) is 16.4. The molecule has 0 fully saturated rings. The van der Waals surface area contributed by atoms with Crippen molar-refractivity contribution in [3.63, 3.8) is 0 Å². The minimum Gasteiger partial charge on any atom is -0.466 e. The highest BCUT2D eigenvalue weighted by molar-refractivity contribution is 5.81. The molecule has 0 N–H and O–H groups in total. The van der Waals surface area contributed by atoms with E-state index in [1.807, 2.05) is 48.5 Å². The number of alkyl halides is 3. The van der Waals surface area contributed by atoms with E-state index in [1.165, 1.54) is 6.26 Å². The third-order valence-electron chi connectivity index (χ3n) is 4.07. The maximum atomic E-state index is 11.0. The average Bonchev–Trinajstić information content (AvgIpc) is 2.93. The molecule has 0 aliphatic heterocycles. The number of ether oxygens (including phenoxy) is 3. The Balaban J connectivity index is 0.00000168. The van der Waals surface area contributed by atoms with Crippen molar-refractivity contribution in [2.45, 2.75) is 0 Å². The van der Waals surface area contributed by atoms with E-state index in [4.69, 9.17) is 14.2 Å². The van der Waals surface area contributed by atoms with Crippen molar-refractivity contribution in [1.82, 2.24) is 0 Å². The number of benzene rings is 3. The van der Waals surface area contributed by atoms with Gasteiger partial charge in [0.25, 0.3) is 0 Å². The summed E-state index contributed by atoms with van der Waals surface area (Å²) in [6, 6.07) is 23.8. The fourth-order valence-corrected chi connectivity index (χ4v) is 2.64. The monoisotopic (exact) mass is 474 g/mol. The number of hydrogen-bond acceptors (Lipinski definition) is 4. The maximum absolute atomic E-state index is 11.0. The van der Waals surface area contributed by atoms with Crippen LogP contribution >= 0.6 is 0 Å². The molecule has 0 bridgehead atoms. The van der Waals surface area contributed by atoms with Gasteiger partial charge in [-0.25, -0.2) is 4.79 Å². The van der Waals surface area contributed by atoms with Gasteiger partial charge in [-0.3, -0.25) is 13.2 Å². The summed E-state index contributed by atoms with van der Waals surface area (Å²) in [5.41, 5.74) is 4.40. The largest absolute Gasteiger partial charge is 0.466 e. The Morgan fingerprint density at radius 3 is 1.38 bits per heavy atom. The number of carbonyl (C=O) groups is 1. The molecule has 0 heterocycles. The second-order valence-corrected chi connectivity index (χ2v) is 5.84. The third-order valence-corrected chi connectivity index (χ3v) is 4.07. The molecule has 0 radical (unpaired) electrons. The molecule has 0 amide bonds. The van der Waals surface area contributed by atoms with Gasteiger partial charge in [-0.05, 0) is 46.5 Å². The van der Waals surface area contributed by atoms with Gasteiger partial charge < -0.3 is 14.2 Å². The number of rotatable bonds is 8. The van der Waals surface area contributed by atoms with E-state index in [9.17, 15) is 18.0 Å². The van der Waals surface area contributed by atoms with E-state index >= 15 is 0 Å². The first-order valence-electron chi connectivity index (χ1n) is 9.83. The van der Waals surface area contributed by atoms with E-state index in [2.05, 4.69) is 37.4 Å². The zero-order valence-corrected chi connectivity index (χ0v) is 19.5. The van der Waals surface area contributed by atoms with Crippen LogP contribution in [0.5, 0.6) is 11.5 Å². The van der Waals surface area contributed by atoms with Crippen molar-refractivity contribution < 1.29 is 32.2 Å². The molecule has 0 saturated carbocycles. The van der Waals surface area contributed by atoms with Gasteiger partial charge in [0.1, 0.15) is 11.5 Å². The molecule has 34 heavy (non-hydrogen) atoms. The van der Waals surface area contributed by atoms with Crippen LogP contribution in [0.2, 0.25) is 0 Å². The van der Waals surface area contributed by atoms with Crippen molar-refractivity contribution >= 4 is 5.97 Å². The molecule has 4 nitrogen and oxygen atoms in total. The highest BCUT2D eigenvalue weighted by Crippen LogP contribution is 2.27. The SMILES string of the molecule is C=COc1ccc(-c2ccc(-c3ccc(OCOC(=O)C=C)cc3)cc2)cc1.CF.CF.CF. The van der Waals surface area contributed by atoms with Gasteiger partial charge in [0.15, 0.2) is 0 Å². The molecule has 3 aromatic rings. The lowest BCUT2D eigenvalue weighted by Crippen LogP contribution is -2.07. The summed E-state index contributed by atoms with van der Waals surface area (Å²) >= 11 is 0. The molecular formula is C27H29F3O4. The number of halogens is 3. The van der Waals surface area contributed by atoms with E-state index in [0.29, 0.717) is 27.3 Å². The van der Waals surface area contributed by atoms with Crippen molar-refractivity contribution in [3.8, 4) is 33.8 Å². The normalized spacial score (nSPS) is 8.76. The molecule has 0 aliphatic rings. The highest BCUT2D eigenvalue weighted by atomic mass is 19.1. The van der Waals surface area contributed by atoms with E-state index in [0.717, 1.165) is 34.1 Å². The minimum absolute atomic E-state index is 0.143. The van der Waals surface area contributed by atoms with Crippen molar-refractivity contribution in [2.75, 3.05) is 28.3 Å². The summed E-state index contributed by atoms with van der Waals surface area (Å²) < 4.78 is 43.9. The van der Waals surface area contributed by atoms with Gasteiger partial charge in [0.05, 0.1) is 27.8 Å². The molecule has 182 valence electrons. The van der Waals surface area contributed by atoms with Gasteiger partial charge >= 0.3 is 5.97 Å². The lowest BCUT2D eigenvalue weighted by Gasteiger charge is -2.08. The summed E-state index contributed by atoms with van der Waals surface area (Å²) in [4.78, 5) is 11.0. The van der Waals surface area contributed by atoms with Crippen molar-refractivity contribution in [2.24, 2.45) is 0 Å². The fourth-order valence-electron chi connectivity index (χ4n) is 2.64. The van der Waals surface area contributed by atoms with Crippen molar-refractivity contribution in [3.05, 3.63) is 98.3 Å². The molecule has 0 spiro atoms. The molecule has 7 heteroatoms. The molecule has 0 unspecified atom stereocenters. The van der Waals surface area contributed by atoms with Crippen molar-refractivity contribution in [1.29, 1.82) is 0 Å². The van der Waals surface area contributed by atoms with E-state index in [-0.39, 0.29) is 6.79 Å². The minimum atomic E-state index is -0.514. The average molecular weight is 475 g/mol. The lowest BCUT2D eigenvalue weighted by molar-refractivity contribution is -0.144. The second kappa shape index (κ2) is 18.6. The smallest absolute Gasteiger partial charge is 0.333 e. The van der Waals surface area contributed by atoms with Crippen LogP contribution in [0, 0.1) is 0 Å². The third kappa shape index (κ3) is 10.1. The van der Waals surface area contributed by atoms with Crippen LogP contribution < -0.4 is 9.47 Å². The lowest BCUT2D eigenvalue weighted by atomic mass is 10.0. The zero-order chi connectivity index (χ0) is 25.8. The molecular weight excluding hydrogens is 445 g/mol. The first-order chi connectivity index (χ1) is 16.7. The number of carbonyl (C=O) groups excluding carboxylic acids is 1. The molecule has 0 atom stereocenters. The van der Waals surface area contributed by atoms with Crippen LogP contribution in [0.4, 0.5) is 13.2 Å². The Bertz CT molecular complexity index is 955. The van der Waals surface area contributed by atoms with E-state index < -0.39 is 5.97 Å². The quantitative estimate of drug-likeness (QED) is 0.148. The Morgan fingerprint density at radius 1 is 0.676 bits per heavy atom. The summed E-state index contributed by atoms with van der Waals surface area (Å²) in [5.74, 6) is 0.871. The Hall–Kier alpha value is -4.00. The topological polar surface area (TPSA) is 44.8 Å². The summed E-state index contributed by atoms with van der Waals surface area (Å²) in [6.07, 6.45) is 2.51. The predicted octanol–water partition coefficient (Wildman–Crippen LogP) is 7.37. The fraction of sp³-hybridized carbons (Fsp3) is 0.148. The maximum Gasteiger partial charge on any atom is 0.333 e. The van der Waals surface area contributed by atoms with Gasteiger partial charge in [-0.15, -0.1) is 0 Å². The van der Waals surface area contributed by atoms with Crippen LogP contribution in [0.25, 0.3) is 22.3 Å². The molecule has 0 aliphatic carbocycles. The van der Waals surface area contributed by atoms with Crippen LogP contribution in [-0.4, -0.2) is 34.3 Å². The molecule has 0 aromatic heterocycles. The van der Waals surface area contributed by atoms with Crippen LogP contribution in [0.3, 0.4) is 0 Å². The number of esters is 1. The first-order valence-corrected chi connectivity index (χ1v) is 9.83. The zero-order valence-electron chi connectivity index (χ0n) is 19.5. The molecule has 3 rings (SSSR count). The van der Waals surface area contributed by atoms with Gasteiger partial charge in [0.2, 0.25) is 6.79 Å². The molecule has 0 saturated heterocycles. The van der Waals surface area contributed by atoms with Crippen LogP contribution in [-0.2, 0) is 9.53 Å². The summed E-state index contributed by atoms with van der Waals surface area (Å²) in [6.45, 7) is 6.74. The van der Waals surface area contributed by atoms with Crippen LogP contribution in [0.1, 0.15) is 0 Å². The van der Waals surface area contributed by atoms with Gasteiger partial charge in [-0.1, -0.05) is 61.7 Å². The Labute approximate surface area is 198 Å². The predicted molar refractivity (Wildman–Crippen MR) is 131 cm³/mol. The van der Waals surface area contributed by atoms with Gasteiger partial charge in [0, 0.05) is 6.08 Å². The highest BCUT2D eigenvalue weighted by Gasteiger charge is 2.03. The van der Waals surface area contributed by atoms with E-state index in [1.54, 1.807) is 0 Å². The first kappa shape index (κ1) is 30.0. The summed E-state index contributed by atoms with van der Waals surface area (Å²) in [5, 5.41) is 0. The van der Waals surface area contributed by atoms with Crippen LogP contribution in [0.15, 0.2) is 98.3 Å². The Morgan fingerprint density at radius 2 is 1.03 bits per heavy atom. The van der Waals surface area contributed by atoms with Gasteiger partial charge in [-0.2, -0.15) is 0 Å². The standard InChI is InChI=1S/C24H20O4.3CH3F/c1-3-24(25)28-17-27-23-15-11-21(12-16-23)19-7-5-18(6-8-19)20-9-13-22(14-10-20)26-4-2;3*1-2/h3-16H,1-2,17H2;3*1H3.